The van der Waals surface area contributed by atoms with Crippen molar-refractivity contribution < 1.29 is 32.9 Å². The van der Waals surface area contributed by atoms with Gasteiger partial charge in [-0.25, -0.2) is 0 Å². The minimum atomic E-state index is -4.54. The van der Waals surface area contributed by atoms with Crippen molar-refractivity contribution in [2.24, 2.45) is 0 Å². The zero-order valence-corrected chi connectivity index (χ0v) is 30.5. The molecular formula is C35H73N2O6P. The molecule has 1 amide bonds. The van der Waals surface area contributed by atoms with E-state index in [1.807, 2.05) is 21.1 Å². The van der Waals surface area contributed by atoms with E-state index in [0.29, 0.717) is 23.9 Å². The molecule has 0 aromatic rings. The number of phosphoric ester groups is 1. The van der Waals surface area contributed by atoms with Crippen molar-refractivity contribution in [1.82, 2.24) is 5.32 Å². The number of likely N-dealkylation sites (N-methyl/N-ethyl adjacent to an activating group) is 1. The van der Waals surface area contributed by atoms with Gasteiger partial charge in [0.1, 0.15) is 13.2 Å². The number of aliphatic hydroxyl groups is 1. The molecule has 0 bridgehead atoms. The van der Waals surface area contributed by atoms with Gasteiger partial charge in [0.05, 0.1) is 39.9 Å². The summed E-state index contributed by atoms with van der Waals surface area (Å²) < 4.78 is 23.1. The van der Waals surface area contributed by atoms with Crippen molar-refractivity contribution in [2.75, 3.05) is 40.9 Å². The number of aliphatic hydroxyl groups excluding tert-OH is 1. The van der Waals surface area contributed by atoms with Crippen molar-refractivity contribution in [3.63, 3.8) is 0 Å². The molecule has 0 aliphatic rings. The lowest BCUT2D eigenvalue weighted by atomic mass is 10.0. The Bertz CT molecular complexity index is 703. The molecular weight excluding hydrogens is 575 g/mol. The highest BCUT2D eigenvalue weighted by atomic mass is 31.2. The number of nitrogens with one attached hydrogen (secondary N) is 1. The first kappa shape index (κ1) is 43.5. The molecule has 1 unspecified atom stereocenters. The third-order valence-corrected chi connectivity index (χ3v) is 9.31. The summed E-state index contributed by atoms with van der Waals surface area (Å²) >= 11 is 0. The van der Waals surface area contributed by atoms with Gasteiger partial charge in [-0.05, 0) is 12.8 Å². The fourth-order valence-corrected chi connectivity index (χ4v) is 6.05. The van der Waals surface area contributed by atoms with Crippen molar-refractivity contribution in [1.29, 1.82) is 0 Å². The largest absolute Gasteiger partial charge is 0.756 e. The Labute approximate surface area is 272 Å². The molecule has 3 atom stereocenters. The summed E-state index contributed by atoms with van der Waals surface area (Å²) in [5.41, 5.74) is 0. The fourth-order valence-electron chi connectivity index (χ4n) is 5.33. The third kappa shape index (κ3) is 30.2. The Balaban J connectivity index is 4.39. The Kier molecular flexibility index (Phi) is 28.4. The summed E-state index contributed by atoms with van der Waals surface area (Å²) in [4.78, 5) is 25.0. The predicted molar refractivity (Wildman–Crippen MR) is 183 cm³/mol. The topological polar surface area (TPSA) is 108 Å². The molecule has 2 N–H and O–H groups in total. The minimum Gasteiger partial charge on any atom is -0.756 e. The van der Waals surface area contributed by atoms with Crippen molar-refractivity contribution in [3.05, 3.63) is 0 Å². The second-order valence-electron chi connectivity index (χ2n) is 13.9. The summed E-state index contributed by atoms with van der Waals surface area (Å²) in [5.74, 6) is -0.172. The zero-order chi connectivity index (χ0) is 32.9. The van der Waals surface area contributed by atoms with Gasteiger partial charge in [0.15, 0.2) is 0 Å². The molecule has 0 spiro atoms. The fraction of sp³-hybridized carbons (Fsp3) is 0.971. The summed E-state index contributed by atoms with van der Waals surface area (Å²) in [6.45, 7) is 4.66. The summed E-state index contributed by atoms with van der Waals surface area (Å²) in [7, 11) is 1.31. The van der Waals surface area contributed by atoms with Gasteiger partial charge in [0.2, 0.25) is 5.91 Å². The van der Waals surface area contributed by atoms with Gasteiger partial charge in [0, 0.05) is 6.42 Å². The Morgan fingerprint density at radius 1 is 0.705 bits per heavy atom. The number of amides is 1. The van der Waals surface area contributed by atoms with E-state index >= 15 is 0 Å². The second kappa shape index (κ2) is 28.7. The lowest BCUT2D eigenvalue weighted by Crippen LogP contribution is -2.46. The van der Waals surface area contributed by atoms with Crippen LogP contribution in [0.3, 0.4) is 0 Å². The van der Waals surface area contributed by atoms with E-state index in [1.54, 1.807) is 0 Å². The molecule has 0 rings (SSSR count). The third-order valence-electron chi connectivity index (χ3n) is 8.35. The molecule has 8 nitrogen and oxygen atoms in total. The van der Waals surface area contributed by atoms with E-state index in [2.05, 4.69) is 19.2 Å². The molecule has 0 aromatic heterocycles. The standard InChI is InChI=1S/C35H73N2O6P/c1-6-8-10-12-14-15-16-17-18-19-20-21-23-24-26-28-34(38)33(32-43-44(40,41)42-31-30-37(3,4)5)36-35(39)29-27-25-22-13-11-9-7-2/h33-34,38H,6-32H2,1-5H3,(H-,36,39,40,41)/t33-,34+/m0/s1. The van der Waals surface area contributed by atoms with E-state index < -0.39 is 20.0 Å². The number of hydrogen-bond acceptors (Lipinski definition) is 6. The average molecular weight is 649 g/mol. The maximum atomic E-state index is 12.7. The lowest BCUT2D eigenvalue weighted by molar-refractivity contribution is -0.870. The summed E-state index contributed by atoms with van der Waals surface area (Å²) in [5, 5.41) is 13.8. The maximum absolute atomic E-state index is 12.7. The van der Waals surface area contributed by atoms with Gasteiger partial charge in [-0.1, -0.05) is 149 Å². The number of carbonyl (C=O) groups excluding carboxylic acids is 1. The van der Waals surface area contributed by atoms with Crippen LogP contribution in [0.5, 0.6) is 0 Å². The number of rotatable bonds is 33. The summed E-state index contributed by atoms with van der Waals surface area (Å²) in [6, 6.07) is -0.789. The first-order valence-corrected chi connectivity index (χ1v) is 19.8. The van der Waals surface area contributed by atoms with Crippen molar-refractivity contribution in [3.8, 4) is 0 Å². The molecule has 264 valence electrons. The van der Waals surface area contributed by atoms with E-state index in [9.17, 15) is 19.4 Å². The highest BCUT2D eigenvalue weighted by Crippen LogP contribution is 2.38. The van der Waals surface area contributed by atoms with Crippen LogP contribution >= 0.6 is 7.82 Å². The quantitative estimate of drug-likeness (QED) is 0.0420. The molecule has 0 heterocycles. The Hall–Kier alpha value is -0.500. The van der Waals surface area contributed by atoms with Crippen LogP contribution in [-0.2, 0) is 18.4 Å². The minimum absolute atomic E-state index is 0.0151. The van der Waals surface area contributed by atoms with Crippen LogP contribution < -0.4 is 10.2 Å². The van der Waals surface area contributed by atoms with Gasteiger partial charge in [0.25, 0.3) is 7.82 Å². The van der Waals surface area contributed by atoms with Crippen molar-refractivity contribution >= 4 is 13.7 Å². The summed E-state index contributed by atoms with van der Waals surface area (Å²) in [6.07, 6.45) is 26.8. The van der Waals surface area contributed by atoms with Crippen LogP contribution in [0.15, 0.2) is 0 Å². The highest BCUT2D eigenvalue weighted by Gasteiger charge is 2.24. The van der Waals surface area contributed by atoms with Crippen LogP contribution in [0.1, 0.15) is 168 Å². The van der Waals surface area contributed by atoms with Crippen LogP contribution in [0.2, 0.25) is 0 Å². The molecule has 0 fully saturated rings. The number of hydrogen-bond donors (Lipinski definition) is 2. The van der Waals surface area contributed by atoms with Crippen LogP contribution in [0.4, 0.5) is 0 Å². The number of nitrogens with zero attached hydrogens (tertiary/aromatic N) is 1. The zero-order valence-electron chi connectivity index (χ0n) is 29.6. The number of unbranched alkanes of at least 4 members (excludes halogenated alkanes) is 20. The molecule has 0 radical (unpaired) electrons. The normalized spacial score (nSPS) is 14.8. The molecule has 0 saturated carbocycles. The molecule has 0 aliphatic carbocycles. The van der Waals surface area contributed by atoms with Crippen LogP contribution in [0, 0.1) is 0 Å². The number of carbonyl (C=O) groups is 1. The molecule has 0 aliphatic heterocycles. The molecule has 9 heteroatoms. The van der Waals surface area contributed by atoms with Crippen molar-refractivity contribution in [2.45, 2.75) is 180 Å². The SMILES string of the molecule is CCCCCCCCCCCCCCCCC[C@@H](O)[C@H](COP(=O)([O-])OCC[N+](C)(C)C)NC(=O)CCCCCCCCC. The molecule has 0 saturated heterocycles. The lowest BCUT2D eigenvalue weighted by Gasteiger charge is -2.30. The number of quaternary nitrogens is 1. The van der Waals surface area contributed by atoms with Gasteiger partial charge in [-0.2, -0.15) is 0 Å². The van der Waals surface area contributed by atoms with Gasteiger partial charge in [-0.3, -0.25) is 9.36 Å². The predicted octanol–water partition coefficient (Wildman–Crippen LogP) is 8.44. The maximum Gasteiger partial charge on any atom is 0.268 e. The first-order valence-electron chi connectivity index (χ1n) is 18.4. The average Bonchev–Trinajstić information content (AvgIpc) is 2.95. The number of phosphoric acid groups is 1. The Morgan fingerprint density at radius 2 is 1.11 bits per heavy atom. The monoisotopic (exact) mass is 649 g/mol. The van der Waals surface area contributed by atoms with Crippen LogP contribution in [-0.4, -0.2) is 68.5 Å². The van der Waals surface area contributed by atoms with Crippen LogP contribution in [0.25, 0.3) is 0 Å². The smallest absolute Gasteiger partial charge is 0.268 e. The van der Waals surface area contributed by atoms with E-state index in [0.717, 1.165) is 38.5 Å². The van der Waals surface area contributed by atoms with Gasteiger partial charge in [-0.15, -0.1) is 0 Å². The molecule has 0 aromatic carbocycles. The van der Waals surface area contributed by atoms with Gasteiger partial charge >= 0.3 is 0 Å². The Morgan fingerprint density at radius 3 is 1.55 bits per heavy atom. The molecule has 44 heavy (non-hydrogen) atoms. The van der Waals surface area contributed by atoms with E-state index in [1.165, 1.54) is 103 Å². The highest BCUT2D eigenvalue weighted by molar-refractivity contribution is 7.45. The van der Waals surface area contributed by atoms with E-state index in [4.69, 9.17) is 9.05 Å². The first-order chi connectivity index (χ1) is 21.0. The second-order valence-corrected chi connectivity index (χ2v) is 15.4. The van der Waals surface area contributed by atoms with Gasteiger partial charge < -0.3 is 28.8 Å². The van der Waals surface area contributed by atoms with E-state index in [-0.39, 0.29) is 19.1 Å².